The van der Waals surface area contributed by atoms with E-state index in [-0.39, 0.29) is 11.3 Å². The van der Waals surface area contributed by atoms with Gasteiger partial charge in [-0.3, -0.25) is 0 Å². The molecule has 180 valence electrons. The number of carbonyl (C=O) groups excluding carboxylic acids is 1. The number of ether oxygens (including phenoxy) is 3. The molecule has 5 heteroatoms. The minimum Gasteiger partial charge on any atom is -0.494 e. The van der Waals surface area contributed by atoms with E-state index in [2.05, 4.69) is 6.92 Å². The van der Waals surface area contributed by atoms with Crippen LogP contribution in [0.2, 0.25) is 0 Å². The van der Waals surface area contributed by atoms with Crippen LogP contribution in [0.25, 0.3) is 0 Å². The number of hydrogen-bond donors (Lipinski definition) is 0. The Hall–Kier alpha value is -2.56. The molecular weight excluding hydrogens is 419 g/mol. The highest BCUT2D eigenvalue weighted by atomic mass is 19.1. The average molecular weight is 457 g/mol. The van der Waals surface area contributed by atoms with E-state index in [1.807, 2.05) is 6.92 Å². The van der Waals surface area contributed by atoms with Crippen molar-refractivity contribution >= 4 is 5.97 Å². The Balaban J connectivity index is 1.38. The lowest BCUT2D eigenvalue weighted by atomic mass is 9.78. The van der Waals surface area contributed by atoms with Crippen LogP contribution in [0.1, 0.15) is 82.0 Å². The van der Waals surface area contributed by atoms with E-state index < -0.39 is 11.8 Å². The Kier molecular flexibility index (Phi) is 10.0. The van der Waals surface area contributed by atoms with Gasteiger partial charge in [-0.05, 0) is 73.6 Å². The molecule has 0 radical (unpaired) electrons. The standard InChI is InChI=1S/C28H37FO4/c1-3-6-21-8-10-22(11-9-21)7-5-19-31-24-13-15-25(16-14-24)33-28(30)23-12-17-27(26(29)20-23)32-18-4-2/h12-17,20-22H,3-11,18-19H2,1-2H3. The van der Waals surface area contributed by atoms with Crippen molar-refractivity contribution in [3.63, 3.8) is 0 Å². The topological polar surface area (TPSA) is 44.8 Å². The fourth-order valence-corrected chi connectivity index (χ4v) is 4.51. The molecule has 2 aromatic carbocycles. The van der Waals surface area contributed by atoms with Gasteiger partial charge >= 0.3 is 5.97 Å². The van der Waals surface area contributed by atoms with E-state index in [9.17, 15) is 9.18 Å². The van der Waals surface area contributed by atoms with Crippen LogP contribution >= 0.6 is 0 Å². The first-order valence-corrected chi connectivity index (χ1v) is 12.5. The molecule has 0 bridgehead atoms. The maximum absolute atomic E-state index is 14.1. The van der Waals surface area contributed by atoms with Crippen LogP contribution in [-0.4, -0.2) is 19.2 Å². The van der Waals surface area contributed by atoms with Gasteiger partial charge in [0.1, 0.15) is 11.5 Å². The van der Waals surface area contributed by atoms with Gasteiger partial charge < -0.3 is 14.2 Å². The summed E-state index contributed by atoms with van der Waals surface area (Å²) in [5, 5.41) is 0. The summed E-state index contributed by atoms with van der Waals surface area (Å²) in [6, 6.07) is 11.1. The molecule has 4 nitrogen and oxygen atoms in total. The van der Waals surface area contributed by atoms with E-state index >= 15 is 0 Å². The van der Waals surface area contributed by atoms with Gasteiger partial charge in [-0.2, -0.15) is 0 Å². The van der Waals surface area contributed by atoms with Gasteiger partial charge in [-0.15, -0.1) is 0 Å². The molecule has 0 spiro atoms. The van der Waals surface area contributed by atoms with Crippen molar-refractivity contribution in [1.82, 2.24) is 0 Å². The van der Waals surface area contributed by atoms with Gasteiger partial charge in [0.15, 0.2) is 11.6 Å². The summed E-state index contributed by atoms with van der Waals surface area (Å²) >= 11 is 0. The molecule has 0 amide bonds. The second kappa shape index (κ2) is 13.2. The summed E-state index contributed by atoms with van der Waals surface area (Å²) < 4.78 is 30.6. The first-order valence-electron chi connectivity index (χ1n) is 12.5. The number of benzene rings is 2. The number of halogens is 1. The maximum Gasteiger partial charge on any atom is 0.343 e. The second-order valence-corrected chi connectivity index (χ2v) is 9.02. The van der Waals surface area contributed by atoms with Crippen molar-refractivity contribution in [3.8, 4) is 17.2 Å². The Morgan fingerprint density at radius 2 is 1.52 bits per heavy atom. The normalized spacial score (nSPS) is 18.0. The van der Waals surface area contributed by atoms with Gasteiger partial charge in [0, 0.05) is 0 Å². The molecule has 1 fully saturated rings. The lowest BCUT2D eigenvalue weighted by Crippen LogP contribution is -2.15. The lowest BCUT2D eigenvalue weighted by molar-refractivity contribution is 0.0734. The van der Waals surface area contributed by atoms with Gasteiger partial charge in [-0.25, -0.2) is 9.18 Å². The Labute approximate surface area is 197 Å². The third kappa shape index (κ3) is 8.06. The van der Waals surface area contributed by atoms with Gasteiger partial charge in [-0.1, -0.05) is 52.4 Å². The maximum atomic E-state index is 14.1. The number of carbonyl (C=O) groups is 1. The quantitative estimate of drug-likeness (QED) is 0.187. The summed E-state index contributed by atoms with van der Waals surface area (Å²) in [6.45, 7) is 5.35. The summed E-state index contributed by atoms with van der Waals surface area (Å²) in [6.07, 6.45) is 11.3. The zero-order valence-electron chi connectivity index (χ0n) is 20.0. The SMILES string of the molecule is CCCOc1ccc(C(=O)Oc2ccc(OCCCC3CCC(CCC)CC3)cc2)cc1F. The molecule has 3 rings (SSSR count). The monoisotopic (exact) mass is 456 g/mol. The van der Waals surface area contributed by atoms with E-state index in [1.165, 1.54) is 57.1 Å². The smallest absolute Gasteiger partial charge is 0.343 e. The van der Waals surface area contributed by atoms with Crippen LogP contribution < -0.4 is 14.2 Å². The third-order valence-corrected chi connectivity index (χ3v) is 6.35. The molecular formula is C28H37FO4. The fraction of sp³-hybridized carbons (Fsp3) is 0.536. The minimum absolute atomic E-state index is 0.138. The van der Waals surface area contributed by atoms with Gasteiger partial charge in [0.25, 0.3) is 0 Å². The van der Waals surface area contributed by atoms with E-state index in [4.69, 9.17) is 14.2 Å². The summed E-state index contributed by atoms with van der Waals surface area (Å²) in [5.41, 5.74) is 0.139. The van der Waals surface area contributed by atoms with E-state index in [0.29, 0.717) is 19.0 Å². The van der Waals surface area contributed by atoms with Crippen molar-refractivity contribution in [2.75, 3.05) is 13.2 Å². The fourth-order valence-electron chi connectivity index (χ4n) is 4.51. The first kappa shape index (κ1) is 25.1. The molecule has 0 N–H and O–H groups in total. The van der Waals surface area contributed by atoms with Crippen LogP contribution in [0.3, 0.4) is 0 Å². The first-order chi connectivity index (χ1) is 16.1. The van der Waals surface area contributed by atoms with Gasteiger partial charge in [0.05, 0.1) is 18.8 Å². The molecule has 0 saturated heterocycles. The zero-order valence-corrected chi connectivity index (χ0v) is 20.0. The number of hydrogen-bond acceptors (Lipinski definition) is 4. The molecule has 33 heavy (non-hydrogen) atoms. The summed E-state index contributed by atoms with van der Waals surface area (Å²) in [4.78, 5) is 12.3. The second-order valence-electron chi connectivity index (χ2n) is 9.02. The number of esters is 1. The summed E-state index contributed by atoms with van der Waals surface area (Å²) in [5.74, 6) is 1.90. The van der Waals surface area contributed by atoms with Crippen molar-refractivity contribution in [3.05, 3.63) is 53.8 Å². The Morgan fingerprint density at radius 3 is 2.15 bits per heavy atom. The highest BCUT2D eigenvalue weighted by Crippen LogP contribution is 2.33. The Bertz CT molecular complexity index is 857. The number of rotatable bonds is 12. The van der Waals surface area contributed by atoms with Crippen LogP contribution in [0.5, 0.6) is 17.2 Å². The van der Waals surface area contributed by atoms with Crippen LogP contribution in [0.4, 0.5) is 4.39 Å². The molecule has 1 aliphatic carbocycles. The van der Waals surface area contributed by atoms with Crippen molar-refractivity contribution in [2.24, 2.45) is 11.8 Å². The Morgan fingerprint density at radius 1 is 0.848 bits per heavy atom. The third-order valence-electron chi connectivity index (χ3n) is 6.35. The van der Waals surface area contributed by atoms with Crippen molar-refractivity contribution in [1.29, 1.82) is 0 Å². The minimum atomic E-state index is -0.613. The van der Waals surface area contributed by atoms with E-state index in [0.717, 1.165) is 36.5 Å². The zero-order chi connectivity index (χ0) is 23.5. The largest absolute Gasteiger partial charge is 0.494 e. The average Bonchev–Trinajstić information content (AvgIpc) is 2.83. The highest BCUT2D eigenvalue weighted by Gasteiger charge is 2.20. The van der Waals surface area contributed by atoms with Gasteiger partial charge in [0.2, 0.25) is 0 Å². The molecule has 0 atom stereocenters. The van der Waals surface area contributed by atoms with Crippen LogP contribution in [0, 0.1) is 17.7 Å². The molecule has 0 aliphatic heterocycles. The molecule has 0 aromatic heterocycles. The molecule has 0 unspecified atom stereocenters. The van der Waals surface area contributed by atoms with E-state index in [1.54, 1.807) is 24.3 Å². The molecule has 1 aliphatic rings. The van der Waals surface area contributed by atoms with Crippen molar-refractivity contribution < 1.29 is 23.4 Å². The van der Waals surface area contributed by atoms with Crippen molar-refractivity contribution in [2.45, 2.75) is 71.6 Å². The molecule has 0 heterocycles. The van der Waals surface area contributed by atoms with Crippen LogP contribution in [0.15, 0.2) is 42.5 Å². The lowest BCUT2D eigenvalue weighted by Gasteiger charge is -2.28. The van der Waals surface area contributed by atoms with Crippen LogP contribution in [-0.2, 0) is 0 Å². The molecule has 1 saturated carbocycles. The highest BCUT2D eigenvalue weighted by molar-refractivity contribution is 5.91. The predicted octanol–water partition coefficient (Wildman–Crippen LogP) is 7.60. The predicted molar refractivity (Wildman–Crippen MR) is 129 cm³/mol. The molecule has 2 aromatic rings. The summed E-state index contributed by atoms with van der Waals surface area (Å²) in [7, 11) is 0.